The van der Waals surface area contributed by atoms with E-state index in [1.807, 2.05) is 12.1 Å². The van der Waals surface area contributed by atoms with Crippen LogP contribution in [0.4, 0.5) is 0 Å². The van der Waals surface area contributed by atoms with Gasteiger partial charge in [-0.05, 0) is 81.3 Å². The highest BCUT2D eigenvalue weighted by atomic mass is 16.3. The van der Waals surface area contributed by atoms with Crippen LogP contribution in [-0.2, 0) is 12.8 Å². The first kappa shape index (κ1) is 15.8. The molecule has 0 spiro atoms. The number of nitrogens with zero attached hydrogens (tertiary/aromatic N) is 1. The van der Waals surface area contributed by atoms with Crippen LogP contribution in [-0.4, -0.2) is 42.2 Å². The molecule has 3 rings (SSSR count). The van der Waals surface area contributed by atoms with E-state index in [9.17, 15) is 5.11 Å². The number of fused-ring (bicyclic) bond motifs is 1. The van der Waals surface area contributed by atoms with E-state index in [4.69, 9.17) is 0 Å². The minimum absolute atomic E-state index is 0.497. The molecular weight excluding hydrogens is 272 g/mol. The van der Waals surface area contributed by atoms with Gasteiger partial charge in [-0.2, -0.15) is 0 Å². The van der Waals surface area contributed by atoms with E-state index in [1.54, 1.807) is 0 Å². The molecule has 1 heterocycles. The first-order valence-electron chi connectivity index (χ1n) is 9.02. The van der Waals surface area contributed by atoms with Gasteiger partial charge < -0.3 is 10.4 Å². The van der Waals surface area contributed by atoms with Crippen molar-refractivity contribution in [1.29, 1.82) is 0 Å². The second kappa shape index (κ2) is 7.47. The molecule has 3 heteroatoms. The summed E-state index contributed by atoms with van der Waals surface area (Å²) < 4.78 is 0. The molecule has 2 aliphatic rings. The molecule has 1 aliphatic carbocycles. The van der Waals surface area contributed by atoms with Crippen molar-refractivity contribution in [2.75, 3.05) is 26.2 Å². The first-order valence-corrected chi connectivity index (χ1v) is 9.02. The van der Waals surface area contributed by atoms with Crippen LogP contribution in [0.25, 0.3) is 0 Å². The lowest BCUT2D eigenvalue weighted by Gasteiger charge is -2.38. The van der Waals surface area contributed by atoms with E-state index in [-0.39, 0.29) is 0 Å². The van der Waals surface area contributed by atoms with Crippen LogP contribution in [0.2, 0.25) is 0 Å². The number of hydrogen-bond donors (Lipinski definition) is 2. The van der Waals surface area contributed by atoms with Gasteiger partial charge in [-0.1, -0.05) is 19.1 Å². The maximum atomic E-state index is 10.0. The minimum Gasteiger partial charge on any atom is -0.508 e. The highest BCUT2D eigenvalue weighted by Crippen LogP contribution is 2.31. The quantitative estimate of drug-likeness (QED) is 0.878. The third kappa shape index (κ3) is 3.64. The fourth-order valence-electron chi connectivity index (χ4n) is 4.19. The zero-order chi connectivity index (χ0) is 15.4. The van der Waals surface area contributed by atoms with E-state index >= 15 is 0 Å². The van der Waals surface area contributed by atoms with Gasteiger partial charge in [0.2, 0.25) is 0 Å². The molecule has 0 bridgehead atoms. The Balaban J connectivity index is 1.67. The number of benzene rings is 1. The van der Waals surface area contributed by atoms with Crippen LogP contribution >= 0.6 is 0 Å². The van der Waals surface area contributed by atoms with E-state index in [2.05, 4.69) is 23.2 Å². The lowest BCUT2D eigenvalue weighted by atomic mass is 9.86. The van der Waals surface area contributed by atoms with Gasteiger partial charge in [0, 0.05) is 12.6 Å². The second-order valence-corrected chi connectivity index (χ2v) is 7.00. The third-order valence-electron chi connectivity index (χ3n) is 5.41. The average molecular weight is 302 g/mol. The molecular formula is C19H30N2O. The molecule has 1 saturated heterocycles. The SMILES string of the molecule is CCCN(CC1CCNCC1)[C@H]1CCc2c(O)cccc2C1. The highest BCUT2D eigenvalue weighted by molar-refractivity contribution is 5.41. The zero-order valence-electron chi connectivity index (χ0n) is 13.9. The summed E-state index contributed by atoms with van der Waals surface area (Å²) in [5, 5.41) is 13.5. The summed E-state index contributed by atoms with van der Waals surface area (Å²) in [5.74, 6) is 1.36. The maximum absolute atomic E-state index is 10.0. The summed E-state index contributed by atoms with van der Waals surface area (Å²) in [4.78, 5) is 2.74. The molecule has 0 saturated carbocycles. The number of phenols is 1. The average Bonchev–Trinajstić information content (AvgIpc) is 2.55. The van der Waals surface area contributed by atoms with Crippen molar-refractivity contribution in [3.63, 3.8) is 0 Å². The summed E-state index contributed by atoms with van der Waals surface area (Å²) >= 11 is 0. The summed E-state index contributed by atoms with van der Waals surface area (Å²) in [6.45, 7) is 7.13. The largest absolute Gasteiger partial charge is 0.508 e. The Bertz CT molecular complexity index is 482. The number of piperidine rings is 1. The summed E-state index contributed by atoms with van der Waals surface area (Å²) in [6.07, 6.45) is 7.20. The Kier molecular flexibility index (Phi) is 5.37. The molecule has 1 atom stereocenters. The highest BCUT2D eigenvalue weighted by Gasteiger charge is 2.27. The van der Waals surface area contributed by atoms with Crippen molar-refractivity contribution in [2.24, 2.45) is 5.92 Å². The second-order valence-electron chi connectivity index (χ2n) is 7.00. The lowest BCUT2D eigenvalue weighted by Crippen LogP contribution is -2.44. The summed E-state index contributed by atoms with van der Waals surface area (Å²) in [7, 11) is 0. The number of hydrogen-bond acceptors (Lipinski definition) is 3. The molecule has 0 aromatic heterocycles. The summed E-state index contributed by atoms with van der Waals surface area (Å²) in [6, 6.07) is 6.69. The van der Waals surface area contributed by atoms with Gasteiger partial charge in [0.25, 0.3) is 0 Å². The van der Waals surface area contributed by atoms with Gasteiger partial charge in [-0.15, -0.1) is 0 Å². The van der Waals surface area contributed by atoms with E-state index in [0.29, 0.717) is 11.8 Å². The molecule has 22 heavy (non-hydrogen) atoms. The predicted octanol–water partition coefficient (Wildman–Crippen LogP) is 2.96. The van der Waals surface area contributed by atoms with Crippen molar-refractivity contribution in [1.82, 2.24) is 10.2 Å². The van der Waals surface area contributed by atoms with Gasteiger partial charge in [0.1, 0.15) is 5.75 Å². The smallest absolute Gasteiger partial charge is 0.119 e. The number of nitrogens with one attached hydrogen (secondary N) is 1. The fourth-order valence-corrected chi connectivity index (χ4v) is 4.19. The molecule has 0 amide bonds. The van der Waals surface area contributed by atoms with Crippen LogP contribution in [0.15, 0.2) is 18.2 Å². The Labute approximate surface area is 134 Å². The van der Waals surface area contributed by atoms with Gasteiger partial charge in [-0.3, -0.25) is 4.90 Å². The van der Waals surface area contributed by atoms with E-state index < -0.39 is 0 Å². The molecule has 0 unspecified atom stereocenters. The van der Waals surface area contributed by atoms with Gasteiger partial charge in [0.15, 0.2) is 0 Å². The van der Waals surface area contributed by atoms with Crippen LogP contribution in [0, 0.1) is 5.92 Å². The van der Waals surface area contributed by atoms with E-state index in [0.717, 1.165) is 18.8 Å². The van der Waals surface area contributed by atoms with Crippen LogP contribution in [0.5, 0.6) is 5.75 Å². The molecule has 1 aromatic rings. The van der Waals surface area contributed by atoms with Gasteiger partial charge in [0.05, 0.1) is 0 Å². The topological polar surface area (TPSA) is 35.5 Å². The van der Waals surface area contributed by atoms with Crippen molar-refractivity contribution in [2.45, 2.75) is 51.5 Å². The Morgan fingerprint density at radius 1 is 1.23 bits per heavy atom. The van der Waals surface area contributed by atoms with Crippen molar-refractivity contribution in [3.8, 4) is 5.75 Å². The van der Waals surface area contributed by atoms with Gasteiger partial charge in [-0.25, -0.2) is 0 Å². The Morgan fingerprint density at radius 3 is 2.82 bits per heavy atom. The standard InChI is InChI=1S/C19H30N2O/c1-2-12-21(14-15-8-10-20-11-9-15)17-6-7-18-16(13-17)4-3-5-19(18)22/h3-5,15,17,20,22H,2,6-14H2,1H3/t17-/m0/s1. The number of phenolic OH excluding ortho intramolecular Hbond substituents is 1. The number of aromatic hydroxyl groups is 1. The predicted molar refractivity (Wildman–Crippen MR) is 91.4 cm³/mol. The molecule has 1 aliphatic heterocycles. The monoisotopic (exact) mass is 302 g/mol. The normalized spacial score (nSPS) is 22.7. The third-order valence-corrected chi connectivity index (χ3v) is 5.41. The molecule has 2 N–H and O–H groups in total. The molecule has 1 aromatic carbocycles. The lowest BCUT2D eigenvalue weighted by molar-refractivity contribution is 0.139. The molecule has 122 valence electrons. The summed E-state index contributed by atoms with van der Waals surface area (Å²) in [5.41, 5.74) is 2.56. The van der Waals surface area contributed by atoms with Crippen molar-refractivity contribution < 1.29 is 5.11 Å². The van der Waals surface area contributed by atoms with Crippen LogP contribution in [0.3, 0.4) is 0 Å². The fraction of sp³-hybridized carbons (Fsp3) is 0.684. The Morgan fingerprint density at radius 2 is 2.05 bits per heavy atom. The first-order chi connectivity index (χ1) is 10.8. The van der Waals surface area contributed by atoms with Crippen molar-refractivity contribution >= 4 is 0 Å². The maximum Gasteiger partial charge on any atom is 0.119 e. The number of rotatable bonds is 5. The molecule has 3 nitrogen and oxygen atoms in total. The minimum atomic E-state index is 0.497. The van der Waals surface area contributed by atoms with Gasteiger partial charge >= 0.3 is 0 Å². The molecule has 1 fully saturated rings. The Hall–Kier alpha value is -1.06. The van der Waals surface area contributed by atoms with Crippen LogP contribution < -0.4 is 5.32 Å². The molecule has 0 radical (unpaired) electrons. The van der Waals surface area contributed by atoms with E-state index in [1.165, 1.54) is 63.0 Å². The van der Waals surface area contributed by atoms with Crippen molar-refractivity contribution in [3.05, 3.63) is 29.3 Å². The van der Waals surface area contributed by atoms with Crippen LogP contribution in [0.1, 0.15) is 43.7 Å². The zero-order valence-corrected chi connectivity index (χ0v) is 13.9.